The lowest BCUT2D eigenvalue weighted by Crippen LogP contribution is -2.17. The lowest BCUT2D eigenvalue weighted by Gasteiger charge is -2.02. The van der Waals surface area contributed by atoms with E-state index in [1.165, 1.54) is 14.2 Å². The van der Waals surface area contributed by atoms with Gasteiger partial charge in [0.25, 0.3) is 0 Å². The molecule has 0 bridgehead atoms. The molecule has 1 rings (SSSR count). The van der Waals surface area contributed by atoms with E-state index in [1.54, 1.807) is 24.3 Å². The summed E-state index contributed by atoms with van der Waals surface area (Å²) in [4.78, 5) is 15.8. The molecule has 73 valence electrons. The maximum absolute atomic E-state index is 11.3. The van der Waals surface area contributed by atoms with Gasteiger partial charge in [0.1, 0.15) is 7.11 Å². The molecule has 0 amide bonds. The van der Waals surface area contributed by atoms with Crippen LogP contribution in [0.25, 0.3) is 0 Å². The quantitative estimate of drug-likeness (QED) is 0.408. The van der Waals surface area contributed by atoms with Crippen molar-refractivity contribution >= 4 is 11.7 Å². The van der Waals surface area contributed by atoms with E-state index >= 15 is 0 Å². The number of nitrogens with zero attached hydrogens (tertiary/aromatic N) is 1. The van der Waals surface area contributed by atoms with Gasteiger partial charge in [0, 0.05) is 5.56 Å². The fourth-order valence-corrected chi connectivity index (χ4v) is 0.936. The average Bonchev–Trinajstić information content (AvgIpc) is 2.26. The highest BCUT2D eigenvalue weighted by molar-refractivity contribution is 6.43. The molecule has 4 heteroatoms. The monoisotopic (exact) mass is 192 g/mol. The highest BCUT2D eigenvalue weighted by Gasteiger charge is 2.14. The Hall–Kier alpha value is -1.84. The zero-order chi connectivity index (χ0) is 10.4. The number of ether oxygens (including phenoxy) is 1. The van der Waals surface area contributed by atoms with Crippen LogP contribution in [-0.4, -0.2) is 25.9 Å². The summed E-state index contributed by atoms with van der Waals surface area (Å²) < 4.78 is 4.56. The van der Waals surface area contributed by atoms with E-state index in [0.717, 1.165) is 0 Å². The molecule has 0 heterocycles. The molecule has 4 nitrogen and oxygen atoms in total. The lowest BCUT2D eigenvalue weighted by molar-refractivity contribution is -0.132. The maximum atomic E-state index is 11.3. The summed E-state index contributed by atoms with van der Waals surface area (Å²) in [6, 6.07) is 9.68. The Bertz CT molecular complexity index is 332. The van der Waals surface area contributed by atoms with Crippen molar-refractivity contribution in [2.24, 2.45) is 5.16 Å². The Balaban J connectivity index is 3.02. The highest BCUT2D eigenvalue weighted by atomic mass is 16.6. The molecule has 0 N–H and O–H groups in total. The number of carbonyl (C=O) groups is 1. The molecule has 0 aliphatic rings. The zero-order valence-electron chi connectivity index (χ0n) is 7.98. The third-order valence-electron chi connectivity index (χ3n) is 1.54. The number of hydrogen-bond donors (Lipinski definition) is 0. The zero-order valence-corrected chi connectivity index (χ0v) is 7.98. The van der Waals surface area contributed by atoms with Gasteiger partial charge >= 0.3 is 5.97 Å². The van der Waals surface area contributed by atoms with Crippen LogP contribution in [0.3, 0.4) is 0 Å². The van der Waals surface area contributed by atoms with Crippen LogP contribution in [0.5, 0.6) is 0 Å². The molecule has 0 aliphatic carbocycles. The van der Waals surface area contributed by atoms with Crippen molar-refractivity contribution in [3.63, 3.8) is 0 Å². The van der Waals surface area contributed by atoms with Gasteiger partial charge in [-0.15, -0.1) is 0 Å². The van der Waals surface area contributed by atoms with Crippen molar-refractivity contribution in [3.8, 4) is 0 Å². The summed E-state index contributed by atoms with van der Waals surface area (Å²) in [7, 11) is 2.66. The SMILES string of the molecule is CON=C(C(=O)OC)c1c[c]ccc1. The van der Waals surface area contributed by atoms with Crippen LogP contribution in [0, 0.1) is 6.07 Å². The summed E-state index contributed by atoms with van der Waals surface area (Å²) in [5, 5.41) is 3.59. The first-order valence-electron chi connectivity index (χ1n) is 3.95. The molecule has 14 heavy (non-hydrogen) atoms. The molecule has 0 saturated heterocycles. The van der Waals surface area contributed by atoms with E-state index in [0.29, 0.717) is 5.56 Å². The normalized spacial score (nSPS) is 10.9. The van der Waals surface area contributed by atoms with Gasteiger partial charge in [-0.1, -0.05) is 23.4 Å². The number of esters is 1. The number of methoxy groups -OCH3 is 1. The van der Waals surface area contributed by atoms with E-state index in [-0.39, 0.29) is 5.71 Å². The van der Waals surface area contributed by atoms with Gasteiger partial charge in [-0.3, -0.25) is 0 Å². The van der Waals surface area contributed by atoms with Gasteiger partial charge in [-0.2, -0.15) is 0 Å². The highest BCUT2D eigenvalue weighted by Crippen LogP contribution is 2.02. The van der Waals surface area contributed by atoms with E-state index in [1.807, 2.05) is 0 Å². The smallest absolute Gasteiger partial charge is 0.360 e. The summed E-state index contributed by atoms with van der Waals surface area (Å²) in [6.45, 7) is 0. The largest absolute Gasteiger partial charge is 0.464 e. The van der Waals surface area contributed by atoms with Crippen molar-refractivity contribution in [1.82, 2.24) is 0 Å². The number of hydrogen-bond acceptors (Lipinski definition) is 4. The lowest BCUT2D eigenvalue weighted by atomic mass is 10.1. The van der Waals surface area contributed by atoms with E-state index in [4.69, 9.17) is 0 Å². The molecule has 1 aromatic rings. The van der Waals surface area contributed by atoms with E-state index in [2.05, 4.69) is 20.8 Å². The van der Waals surface area contributed by atoms with Crippen LogP contribution in [0.4, 0.5) is 0 Å². The second-order valence-corrected chi connectivity index (χ2v) is 2.41. The van der Waals surface area contributed by atoms with Gasteiger partial charge in [0.15, 0.2) is 5.71 Å². The van der Waals surface area contributed by atoms with Crippen LogP contribution < -0.4 is 0 Å². The van der Waals surface area contributed by atoms with E-state index < -0.39 is 5.97 Å². The Morgan fingerprint density at radius 3 is 2.79 bits per heavy atom. The first-order chi connectivity index (χ1) is 6.79. The molecular formula is C10H10NO3. The topological polar surface area (TPSA) is 47.9 Å². The summed E-state index contributed by atoms with van der Waals surface area (Å²) >= 11 is 0. The molecule has 0 aromatic heterocycles. The Labute approximate surface area is 82.1 Å². The van der Waals surface area contributed by atoms with Crippen LogP contribution in [0.2, 0.25) is 0 Å². The van der Waals surface area contributed by atoms with Crippen LogP contribution >= 0.6 is 0 Å². The van der Waals surface area contributed by atoms with Crippen molar-refractivity contribution in [2.75, 3.05) is 14.2 Å². The second kappa shape index (κ2) is 5.01. The van der Waals surface area contributed by atoms with Gasteiger partial charge in [0.05, 0.1) is 7.11 Å². The average molecular weight is 192 g/mol. The second-order valence-electron chi connectivity index (χ2n) is 2.41. The maximum Gasteiger partial charge on any atom is 0.360 e. The Morgan fingerprint density at radius 2 is 2.29 bits per heavy atom. The van der Waals surface area contributed by atoms with Gasteiger partial charge < -0.3 is 9.57 Å². The molecular weight excluding hydrogens is 182 g/mol. The molecule has 1 aromatic carbocycles. The molecule has 0 spiro atoms. The predicted molar refractivity (Wildman–Crippen MR) is 50.8 cm³/mol. The predicted octanol–water partition coefficient (Wildman–Crippen LogP) is 1.01. The summed E-state index contributed by atoms with van der Waals surface area (Å²) in [5.41, 5.74) is 0.744. The summed E-state index contributed by atoms with van der Waals surface area (Å²) in [5.74, 6) is -0.536. The van der Waals surface area contributed by atoms with Crippen molar-refractivity contribution in [3.05, 3.63) is 35.9 Å². The van der Waals surface area contributed by atoms with Crippen LogP contribution in [-0.2, 0) is 14.4 Å². The Kier molecular flexibility index (Phi) is 3.67. The van der Waals surface area contributed by atoms with Crippen molar-refractivity contribution in [1.29, 1.82) is 0 Å². The fraction of sp³-hybridized carbons (Fsp3) is 0.200. The minimum Gasteiger partial charge on any atom is -0.464 e. The van der Waals surface area contributed by atoms with Crippen LogP contribution in [0.1, 0.15) is 5.56 Å². The minimum absolute atomic E-state index is 0.131. The molecule has 0 unspecified atom stereocenters. The van der Waals surface area contributed by atoms with Crippen LogP contribution in [0.15, 0.2) is 29.4 Å². The van der Waals surface area contributed by atoms with Gasteiger partial charge in [-0.05, 0) is 12.1 Å². The number of oxime groups is 1. The van der Waals surface area contributed by atoms with E-state index in [9.17, 15) is 4.79 Å². The first-order valence-corrected chi connectivity index (χ1v) is 3.95. The van der Waals surface area contributed by atoms with Gasteiger partial charge in [0.2, 0.25) is 0 Å². The van der Waals surface area contributed by atoms with Crippen molar-refractivity contribution < 1.29 is 14.4 Å². The van der Waals surface area contributed by atoms with Gasteiger partial charge in [-0.25, -0.2) is 4.79 Å². The first kappa shape index (κ1) is 10.2. The summed E-state index contributed by atoms with van der Waals surface area (Å²) in [6.07, 6.45) is 0. The molecule has 0 fully saturated rings. The minimum atomic E-state index is -0.536. The third kappa shape index (κ3) is 2.32. The number of rotatable bonds is 3. The molecule has 0 atom stereocenters. The number of carbonyl (C=O) groups excluding carboxylic acids is 1. The Morgan fingerprint density at radius 1 is 1.50 bits per heavy atom. The van der Waals surface area contributed by atoms with Crippen molar-refractivity contribution in [2.45, 2.75) is 0 Å². The molecule has 0 aliphatic heterocycles. The third-order valence-corrected chi connectivity index (χ3v) is 1.54. The number of benzene rings is 1. The molecule has 1 radical (unpaired) electrons. The fourth-order valence-electron chi connectivity index (χ4n) is 0.936. The standard InChI is InChI=1S/C10H10NO3/c1-13-10(12)9(11-14-2)8-6-4-3-5-7-8/h3-4,6-7H,1-2H3. The molecule has 0 saturated carbocycles.